The molecular weight excluding hydrogens is 350 g/mol. The van der Waals surface area contributed by atoms with E-state index in [0.29, 0.717) is 0 Å². The Morgan fingerprint density at radius 1 is 0.552 bits per heavy atom. The molecule has 0 bridgehead atoms. The summed E-state index contributed by atoms with van der Waals surface area (Å²) in [6.45, 7) is 0. The maximum Gasteiger partial charge on any atom is 0.0618 e. The van der Waals surface area contributed by atoms with Crippen LogP contribution in [-0.2, 0) is 0 Å². The maximum atomic E-state index is 5.58. The van der Waals surface area contributed by atoms with E-state index in [-0.39, 0.29) is 0 Å². The zero-order chi connectivity index (χ0) is 19.6. The van der Waals surface area contributed by atoms with Crippen molar-refractivity contribution in [2.24, 2.45) is 0 Å². The van der Waals surface area contributed by atoms with E-state index in [0.717, 1.165) is 16.9 Å². The molecule has 5 rings (SSSR count). The third-order valence-corrected chi connectivity index (χ3v) is 5.27. The minimum atomic E-state index is 0.879. The molecule has 0 radical (unpaired) electrons. The van der Waals surface area contributed by atoms with Gasteiger partial charge in [0.25, 0.3) is 0 Å². The van der Waals surface area contributed by atoms with Crippen LogP contribution in [0.1, 0.15) is 5.56 Å². The lowest BCUT2D eigenvalue weighted by Crippen LogP contribution is -2.11. The Bertz CT molecular complexity index is 1290. The molecular formula is C28H19N. The first kappa shape index (κ1) is 17.1. The smallest absolute Gasteiger partial charge is 0.0618 e. The molecule has 136 valence electrons. The number of hydrogen-bond acceptors (Lipinski definition) is 1. The summed E-state index contributed by atoms with van der Waals surface area (Å²) in [4.78, 5) is 2.32. The standard InChI is InChI=1S/C28H19N/c1-2-21-16-18-25(19-17-21)29(24-12-4-3-5-13-24)28-26-14-8-6-10-22(26)20-23-11-7-9-15-27(23)28/h1,3-20H. The summed E-state index contributed by atoms with van der Waals surface area (Å²) >= 11 is 0. The summed E-state index contributed by atoms with van der Waals surface area (Å²) in [6, 6.07) is 38.1. The van der Waals surface area contributed by atoms with Gasteiger partial charge < -0.3 is 4.90 Å². The van der Waals surface area contributed by atoms with Crippen molar-refractivity contribution in [3.8, 4) is 12.3 Å². The van der Waals surface area contributed by atoms with Gasteiger partial charge in [-0.05, 0) is 53.2 Å². The molecule has 0 aliphatic rings. The van der Waals surface area contributed by atoms with Gasteiger partial charge in [0, 0.05) is 27.7 Å². The molecule has 0 atom stereocenters. The highest BCUT2D eigenvalue weighted by atomic mass is 15.1. The largest absolute Gasteiger partial charge is 0.309 e. The highest BCUT2D eigenvalue weighted by Gasteiger charge is 2.18. The quantitative estimate of drug-likeness (QED) is 0.236. The number of rotatable bonds is 3. The van der Waals surface area contributed by atoms with Gasteiger partial charge in [-0.15, -0.1) is 6.42 Å². The van der Waals surface area contributed by atoms with Crippen molar-refractivity contribution in [3.63, 3.8) is 0 Å². The van der Waals surface area contributed by atoms with Crippen LogP contribution < -0.4 is 4.90 Å². The molecule has 1 heteroatoms. The summed E-state index contributed by atoms with van der Waals surface area (Å²) in [6.07, 6.45) is 5.58. The molecule has 5 aromatic rings. The second-order valence-electron chi connectivity index (χ2n) is 7.03. The lowest BCUT2D eigenvalue weighted by Gasteiger charge is -2.28. The summed E-state index contributed by atoms with van der Waals surface area (Å²) < 4.78 is 0. The molecule has 29 heavy (non-hydrogen) atoms. The number of nitrogens with zero attached hydrogens (tertiary/aromatic N) is 1. The van der Waals surface area contributed by atoms with Gasteiger partial charge >= 0.3 is 0 Å². The van der Waals surface area contributed by atoms with Crippen LogP contribution in [-0.4, -0.2) is 0 Å². The number of fused-ring (bicyclic) bond motifs is 2. The monoisotopic (exact) mass is 369 g/mol. The van der Waals surface area contributed by atoms with Crippen LogP contribution >= 0.6 is 0 Å². The topological polar surface area (TPSA) is 3.24 Å². The predicted molar refractivity (Wildman–Crippen MR) is 124 cm³/mol. The van der Waals surface area contributed by atoms with E-state index in [1.807, 2.05) is 18.2 Å². The van der Waals surface area contributed by atoms with E-state index >= 15 is 0 Å². The second kappa shape index (κ2) is 7.19. The summed E-state index contributed by atoms with van der Waals surface area (Å²) in [7, 11) is 0. The Labute approximate surface area is 170 Å². The van der Waals surface area contributed by atoms with Crippen LogP contribution in [0.4, 0.5) is 17.1 Å². The lowest BCUT2D eigenvalue weighted by atomic mass is 9.99. The minimum absolute atomic E-state index is 0.879. The van der Waals surface area contributed by atoms with Crippen molar-refractivity contribution in [3.05, 3.63) is 115 Å². The third kappa shape index (κ3) is 3.02. The van der Waals surface area contributed by atoms with Gasteiger partial charge in [-0.25, -0.2) is 0 Å². The summed E-state index contributed by atoms with van der Waals surface area (Å²) in [5, 5.41) is 4.89. The molecule has 0 saturated carbocycles. The van der Waals surface area contributed by atoms with Gasteiger partial charge in [0.1, 0.15) is 0 Å². The fraction of sp³-hybridized carbons (Fsp3) is 0. The molecule has 0 aliphatic carbocycles. The SMILES string of the molecule is C#Cc1ccc(N(c2ccccc2)c2c3ccccc3cc3ccccc23)cc1. The number of para-hydroxylation sites is 1. The highest BCUT2D eigenvalue weighted by molar-refractivity contribution is 6.14. The second-order valence-corrected chi connectivity index (χ2v) is 7.03. The molecule has 0 amide bonds. The molecule has 0 spiro atoms. The number of benzene rings is 5. The van der Waals surface area contributed by atoms with Crippen LogP contribution in [0, 0.1) is 12.3 Å². The van der Waals surface area contributed by atoms with E-state index in [1.165, 1.54) is 27.2 Å². The molecule has 0 unspecified atom stereocenters. The molecule has 0 fully saturated rings. The summed E-state index contributed by atoms with van der Waals surface area (Å²) in [5.41, 5.74) is 4.25. The number of hydrogen-bond donors (Lipinski definition) is 0. The van der Waals surface area contributed by atoms with Crippen molar-refractivity contribution >= 4 is 38.6 Å². The Morgan fingerprint density at radius 2 is 1.07 bits per heavy atom. The number of anilines is 3. The van der Waals surface area contributed by atoms with E-state index in [2.05, 4.69) is 102 Å². The zero-order valence-electron chi connectivity index (χ0n) is 15.9. The molecule has 0 aromatic heterocycles. The third-order valence-electron chi connectivity index (χ3n) is 5.27. The number of terminal acetylenes is 1. The van der Waals surface area contributed by atoms with Crippen LogP contribution in [0.3, 0.4) is 0 Å². The first-order valence-corrected chi connectivity index (χ1v) is 9.67. The van der Waals surface area contributed by atoms with Crippen molar-refractivity contribution in [1.82, 2.24) is 0 Å². The van der Waals surface area contributed by atoms with Crippen molar-refractivity contribution < 1.29 is 0 Å². The zero-order valence-corrected chi connectivity index (χ0v) is 15.9. The fourth-order valence-electron chi connectivity index (χ4n) is 3.92. The van der Waals surface area contributed by atoms with Crippen molar-refractivity contribution in [2.45, 2.75) is 0 Å². The van der Waals surface area contributed by atoms with E-state index in [4.69, 9.17) is 6.42 Å². The minimum Gasteiger partial charge on any atom is -0.309 e. The molecule has 0 saturated heterocycles. The molecule has 0 N–H and O–H groups in total. The molecule has 0 aliphatic heterocycles. The highest BCUT2D eigenvalue weighted by Crippen LogP contribution is 2.43. The Kier molecular flexibility index (Phi) is 4.24. The Hall–Kier alpha value is -4.02. The molecule has 5 aromatic carbocycles. The maximum absolute atomic E-state index is 5.58. The molecule has 1 nitrogen and oxygen atoms in total. The van der Waals surface area contributed by atoms with Gasteiger partial charge in [-0.2, -0.15) is 0 Å². The predicted octanol–water partition coefficient (Wildman–Crippen LogP) is 7.44. The lowest BCUT2D eigenvalue weighted by molar-refractivity contribution is 1.31. The van der Waals surface area contributed by atoms with Crippen LogP contribution in [0.25, 0.3) is 21.5 Å². The van der Waals surface area contributed by atoms with Crippen molar-refractivity contribution in [2.75, 3.05) is 4.90 Å². The van der Waals surface area contributed by atoms with E-state index in [1.54, 1.807) is 0 Å². The normalized spacial score (nSPS) is 10.7. The van der Waals surface area contributed by atoms with Gasteiger partial charge in [0.2, 0.25) is 0 Å². The average molecular weight is 369 g/mol. The van der Waals surface area contributed by atoms with Gasteiger partial charge in [-0.3, -0.25) is 0 Å². The first-order valence-electron chi connectivity index (χ1n) is 9.67. The average Bonchev–Trinajstić information content (AvgIpc) is 2.80. The van der Waals surface area contributed by atoms with Gasteiger partial charge in [-0.1, -0.05) is 72.7 Å². The van der Waals surface area contributed by atoms with Crippen molar-refractivity contribution in [1.29, 1.82) is 0 Å². The van der Waals surface area contributed by atoms with Crippen LogP contribution in [0.15, 0.2) is 109 Å². The van der Waals surface area contributed by atoms with E-state index in [9.17, 15) is 0 Å². The summed E-state index contributed by atoms with van der Waals surface area (Å²) in [5.74, 6) is 2.71. The van der Waals surface area contributed by atoms with Crippen LogP contribution in [0.2, 0.25) is 0 Å². The molecule has 0 heterocycles. The van der Waals surface area contributed by atoms with Gasteiger partial charge in [0.05, 0.1) is 5.69 Å². The fourth-order valence-corrected chi connectivity index (χ4v) is 3.92. The van der Waals surface area contributed by atoms with Crippen LogP contribution in [0.5, 0.6) is 0 Å². The first-order chi connectivity index (χ1) is 14.3. The Morgan fingerprint density at radius 3 is 1.66 bits per heavy atom. The Balaban J connectivity index is 1.89. The van der Waals surface area contributed by atoms with Gasteiger partial charge in [0.15, 0.2) is 0 Å². The van der Waals surface area contributed by atoms with E-state index < -0.39 is 0 Å².